The lowest BCUT2D eigenvalue weighted by Gasteiger charge is -2.02. The van der Waals surface area contributed by atoms with Crippen LogP contribution in [0.25, 0.3) is 10.9 Å². The lowest BCUT2D eigenvalue weighted by Crippen LogP contribution is -2.19. The highest BCUT2D eigenvalue weighted by atomic mass is 19.1. The van der Waals surface area contributed by atoms with Crippen LogP contribution in [0.1, 0.15) is 30.7 Å². The van der Waals surface area contributed by atoms with Crippen LogP contribution in [0.2, 0.25) is 0 Å². The van der Waals surface area contributed by atoms with Gasteiger partial charge in [0.2, 0.25) is 0 Å². The molecular formula is C16H19FN2. The Hall–Kier alpha value is -1.35. The average Bonchev–Trinajstić information content (AvgIpc) is 3.31. The van der Waals surface area contributed by atoms with E-state index in [9.17, 15) is 4.39 Å². The number of benzene rings is 1. The van der Waals surface area contributed by atoms with Crippen LogP contribution in [0, 0.1) is 17.7 Å². The Kier molecular flexibility index (Phi) is 2.62. The van der Waals surface area contributed by atoms with Crippen molar-refractivity contribution in [1.29, 1.82) is 0 Å². The summed E-state index contributed by atoms with van der Waals surface area (Å²) in [5.74, 6) is 2.15. The van der Waals surface area contributed by atoms with E-state index in [-0.39, 0.29) is 5.82 Å². The molecule has 0 amide bonds. The first-order valence-electron chi connectivity index (χ1n) is 7.28. The van der Waals surface area contributed by atoms with Crippen LogP contribution in [-0.2, 0) is 0 Å². The van der Waals surface area contributed by atoms with Gasteiger partial charge in [-0.3, -0.25) is 0 Å². The summed E-state index contributed by atoms with van der Waals surface area (Å²) in [5, 5.41) is 4.64. The Morgan fingerprint density at radius 2 is 2.16 bits per heavy atom. The van der Waals surface area contributed by atoms with Crippen LogP contribution in [-0.4, -0.2) is 18.1 Å². The van der Waals surface area contributed by atoms with Gasteiger partial charge < -0.3 is 10.3 Å². The highest BCUT2D eigenvalue weighted by Crippen LogP contribution is 2.49. The second-order valence-corrected chi connectivity index (χ2v) is 6.14. The van der Waals surface area contributed by atoms with Gasteiger partial charge in [-0.1, -0.05) is 0 Å². The van der Waals surface area contributed by atoms with Crippen LogP contribution in [0.5, 0.6) is 0 Å². The number of hydrogen-bond donors (Lipinski definition) is 2. The molecule has 0 aliphatic heterocycles. The van der Waals surface area contributed by atoms with Crippen molar-refractivity contribution in [3.63, 3.8) is 0 Å². The van der Waals surface area contributed by atoms with E-state index in [1.165, 1.54) is 37.4 Å². The second-order valence-electron chi connectivity index (χ2n) is 6.14. The van der Waals surface area contributed by atoms with Crippen LogP contribution >= 0.6 is 0 Å². The number of hydrogen-bond acceptors (Lipinski definition) is 1. The highest BCUT2D eigenvalue weighted by molar-refractivity contribution is 5.84. The first-order valence-corrected chi connectivity index (χ1v) is 7.28. The summed E-state index contributed by atoms with van der Waals surface area (Å²) in [6, 6.07) is 5.01. The van der Waals surface area contributed by atoms with Crippen molar-refractivity contribution < 1.29 is 4.39 Å². The van der Waals surface area contributed by atoms with E-state index in [0.717, 1.165) is 29.3 Å². The molecular weight excluding hydrogens is 239 g/mol. The van der Waals surface area contributed by atoms with Crippen molar-refractivity contribution in [2.75, 3.05) is 13.1 Å². The molecule has 2 atom stereocenters. The SMILES string of the molecule is Fc1ccc2[nH]cc(C3CC3CNCC3CC3)c2c1. The van der Waals surface area contributed by atoms with Gasteiger partial charge in [-0.15, -0.1) is 0 Å². The number of fused-ring (bicyclic) bond motifs is 1. The fourth-order valence-electron chi connectivity index (χ4n) is 3.07. The van der Waals surface area contributed by atoms with E-state index < -0.39 is 0 Å². The Morgan fingerprint density at radius 3 is 3.00 bits per heavy atom. The van der Waals surface area contributed by atoms with E-state index in [1.54, 1.807) is 6.07 Å². The zero-order valence-corrected chi connectivity index (χ0v) is 11.0. The zero-order valence-electron chi connectivity index (χ0n) is 11.0. The van der Waals surface area contributed by atoms with Crippen LogP contribution in [0.4, 0.5) is 4.39 Å². The number of aromatic nitrogens is 1. The quantitative estimate of drug-likeness (QED) is 0.845. The standard InChI is InChI=1S/C16H19FN2/c17-12-3-4-16-14(6-12)15(9-19-16)13-5-11(13)8-18-7-10-1-2-10/h3-4,6,9-11,13,18-19H,1-2,5,7-8H2. The summed E-state index contributed by atoms with van der Waals surface area (Å²) in [6.45, 7) is 2.30. The fraction of sp³-hybridized carbons (Fsp3) is 0.500. The molecule has 1 heterocycles. The van der Waals surface area contributed by atoms with Crippen LogP contribution in [0.15, 0.2) is 24.4 Å². The zero-order chi connectivity index (χ0) is 12.8. The van der Waals surface area contributed by atoms with Gasteiger partial charge in [-0.2, -0.15) is 0 Å². The number of H-pyrrole nitrogens is 1. The summed E-state index contributed by atoms with van der Waals surface area (Å²) >= 11 is 0. The molecule has 100 valence electrons. The molecule has 1 aromatic heterocycles. The van der Waals surface area contributed by atoms with E-state index in [1.807, 2.05) is 6.07 Å². The summed E-state index contributed by atoms with van der Waals surface area (Å²) in [4.78, 5) is 3.25. The molecule has 0 bridgehead atoms. The molecule has 1 aromatic carbocycles. The van der Waals surface area contributed by atoms with Gasteiger partial charge in [0.1, 0.15) is 5.82 Å². The Balaban J connectivity index is 1.45. The molecule has 2 saturated carbocycles. The van der Waals surface area contributed by atoms with Gasteiger partial charge in [0.25, 0.3) is 0 Å². The molecule has 4 rings (SSSR count). The summed E-state index contributed by atoms with van der Waals surface area (Å²) in [5.41, 5.74) is 2.35. The van der Waals surface area contributed by atoms with Crippen molar-refractivity contribution >= 4 is 10.9 Å². The summed E-state index contributed by atoms with van der Waals surface area (Å²) in [6.07, 6.45) is 6.11. The number of aromatic amines is 1. The Morgan fingerprint density at radius 1 is 1.26 bits per heavy atom. The first kappa shape index (κ1) is 11.5. The van der Waals surface area contributed by atoms with E-state index in [0.29, 0.717) is 5.92 Å². The number of nitrogens with one attached hydrogen (secondary N) is 2. The largest absolute Gasteiger partial charge is 0.361 e. The van der Waals surface area contributed by atoms with Gasteiger partial charge in [-0.25, -0.2) is 4.39 Å². The molecule has 2 N–H and O–H groups in total. The van der Waals surface area contributed by atoms with Gasteiger partial charge >= 0.3 is 0 Å². The minimum absolute atomic E-state index is 0.141. The normalized spacial score (nSPS) is 25.9. The topological polar surface area (TPSA) is 27.8 Å². The Labute approximate surface area is 112 Å². The van der Waals surface area contributed by atoms with E-state index in [2.05, 4.69) is 16.5 Å². The maximum absolute atomic E-state index is 13.3. The van der Waals surface area contributed by atoms with Crippen molar-refractivity contribution in [2.24, 2.45) is 11.8 Å². The third-order valence-electron chi connectivity index (χ3n) is 4.53. The van der Waals surface area contributed by atoms with Crippen LogP contribution in [0.3, 0.4) is 0 Å². The van der Waals surface area contributed by atoms with Crippen molar-refractivity contribution in [1.82, 2.24) is 10.3 Å². The van der Waals surface area contributed by atoms with Crippen molar-refractivity contribution in [3.8, 4) is 0 Å². The molecule has 0 spiro atoms. The molecule has 2 fully saturated rings. The maximum atomic E-state index is 13.3. The smallest absolute Gasteiger partial charge is 0.123 e. The van der Waals surface area contributed by atoms with Gasteiger partial charge in [0, 0.05) is 17.1 Å². The highest BCUT2D eigenvalue weighted by Gasteiger charge is 2.39. The predicted octanol–water partition coefficient (Wildman–Crippen LogP) is 3.41. The monoisotopic (exact) mass is 258 g/mol. The molecule has 2 aromatic rings. The average molecular weight is 258 g/mol. The molecule has 2 aliphatic carbocycles. The van der Waals surface area contributed by atoms with Crippen molar-refractivity contribution in [2.45, 2.75) is 25.2 Å². The molecule has 2 unspecified atom stereocenters. The Bertz CT molecular complexity index is 600. The van der Waals surface area contributed by atoms with E-state index in [4.69, 9.17) is 0 Å². The van der Waals surface area contributed by atoms with Crippen molar-refractivity contribution in [3.05, 3.63) is 35.8 Å². The minimum atomic E-state index is -0.141. The molecule has 2 aliphatic rings. The molecule has 19 heavy (non-hydrogen) atoms. The van der Waals surface area contributed by atoms with Gasteiger partial charge in [0.15, 0.2) is 0 Å². The third-order valence-corrected chi connectivity index (χ3v) is 4.53. The fourth-order valence-corrected chi connectivity index (χ4v) is 3.07. The lowest BCUT2D eigenvalue weighted by molar-refractivity contribution is 0.596. The minimum Gasteiger partial charge on any atom is -0.361 e. The lowest BCUT2D eigenvalue weighted by atomic mass is 10.1. The summed E-state index contributed by atoms with van der Waals surface area (Å²) < 4.78 is 13.3. The number of rotatable bonds is 5. The van der Waals surface area contributed by atoms with Gasteiger partial charge in [0.05, 0.1) is 0 Å². The van der Waals surface area contributed by atoms with E-state index >= 15 is 0 Å². The molecule has 2 nitrogen and oxygen atoms in total. The molecule has 3 heteroatoms. The van der Waals surface area contributed by atoms with Gasteiger partial charge in [-0.05, 0) is 73.9 Å². The predicted molar refractivity (Wildman–Crippen MR) is 74.7 cm³/mol. The second kappa shape index (κ2) is 4.34. The molecule has 0 radical (unpaired) electrons. The summed E-state index contributed by atoms with van der Waals surface area (Å²) in [7, 11) is 0. The maximum Gasteiger partial charge on any atom is 0.123 e. The third kappa shape index (κ3) is 2.27. The first-order chi connectivity index (χ1) is 9.31. The van der Waals surface area contributed by atoms with Crippen LogP contribution < -0.4 is 5.32 Å². The number of halogens is 1. The molecule has 0 saturated heterocycles.